The summed E-state index contributed by atoms with van der Waals surface area (Å²) < 4.78 is 0. The van der Waals surface area contributed by atoms with E-state index in [1.807, 2.05) is 0 Å². The quantitative estimate of drug-likeness (QED) is 0.577. The maximum atomic E-state index is 11.9. The van der Waals surface area contributed by atoms with Crippen molar-refractivity contribution in [2.45, 2.75) is 38.5 Å². The van der Waals surface area contributed by atoms with E-state index in [0.29, 0.717) is 17.8 Å². The van der Waals surface area contributed by atoms with Crippen molar-refractivity contribution in [3.05, 3.63) is 23.8 Å². The molecule has 1 fully saturated rings. The smallest absolute Gasteiger partial charge is 0.251 e. The summed E-state index contributed by atoms with van der Waals surface area (Å²) in [5, 5.41) is 12.4. The van der Waals surface area contributed by atoms with Gasteiger partial charge in [-0.25, -0.2) is 0 Å². The fourth-order valence-corrected chi connectivity index (χ4v) is 2.65. The highest BCUT2D eigenvalue weighted by molar-refractivity contribution is 5.95. The first kappa shape index (κ1) is 13.7. The van der Waals surface area contributed by atoms with Gasteiger partial charge in [0.05, 0.1) is 5.69 Å². The summed E-state index contributed by atoms with van der Waals surface area (Å²) >= 11 is 0. The Morgan fingerprint density at radius 3 is 2.74 bits per heavy atom. The van der Waals surface area contributed by atoms with Gasteiger partial charge in [-0.2, -0.15) is 0 Å². The van der Waals surface area contributed by atoms with E-state index in [4.69, 9.17) is 5.73 Å². The lowest BCUT2D eigenvalue weighted by atomic mass is 9.87. The van der Waals surface area contributed by atoms with Crippen LogP contribution in [-0.2, 0) is 0 Å². The Morgan fingerprint density at radius 2 is 2.05 bits per heavy atom. The number of phenols is 1. The van der Waals surface area contributed by atoms with Gasteiger partial charge in [0.1, 0.15) is 5.75 Å². The molecule has 0 unspecified atom stereocenters. The van der Waals surface area contributed by atoms with Crippen molar-refractivity contribution in [3.8, 4) is 5.75 Å². The summed E-state index contributed by atoms with van der Waals surface area (Å²) in [7, 11) is 0. The van der Waals surface area contributed by atoms with E-state index >= 15 is 0 Å². The van der Waals surface area contributed by atoms with E-state index in [0.717, 1.165) is 12.3 Å². The normalized spacial score (nSPS) is 16.2. The number of aromatic hydroxyl groups is 1. The van der Waals surface area contributed by atoms with Crippen LogP contribution in [0, 0.1) is 5.92 Å². The third-order valence-electron chi connectivity index (χ3n) is 3.86. The maximum absolute atomic E-state index is 11.9. The van der Waals surface area contributed by atoms with E-state index in [9.17, 15) is 9.90 Å². The van der Waals surface area contributed by atoms with Crippen molar-refractivity contribution >= 4 is 11.6 Å². The molecule has 1 aromatic carbocycles. The van der Waals surface area contributed by atoms with E-state index in [1.54, 1.807) is 12.1 Å². The SMILES string of the molecule is Nc1ccc(C(=O)NCCC2CCCCC2)cc1O. The Bertz CT molecular complexity index is 440. The summed E-state index contributed by atoms with van der Waals surface area (Å²) in [4.78, 5) is 11.9. The highest BCUT2D eigenvalue weighted by atomic mass is 16.3. The van der Waals surface area contributed by atoms with Crippen LogP contribution in [0.15, 0.2) is 18.2 Å². The number of hydrogen-bond acceptors (Lipinski definition) is 3. The molecule has 4 heteroatoms. The van der Waals surface area contributed by atoms with Crippen LogP contribution in [0.4, 0.5) is 5.69 Å². The Kier molecular flexibility index (Phi) is 4.66. The molecule has 19 heavy (non-hydrogen) atoms. The number of rotatable bonds is 4. The van der Waals surface area contributed by atoms with Crippen molar-refractivity contribution in [3.63, 3.8) is 0 Å². The molecule has 0 aromatic heterocycles. The number of anilines is 1. The fraction of sp³-hybridized carbons (Fsp3) is 0.533. The Hall–Kier alpha value is -1.71. The molecule has 0 bridgehead atoms. The zero-order valence-corrected chi connectivity index (χ0v) is 11.2. The third kappa shape index (κ3) is 3.88. The second-order valence-electron chi connectivity index (χ2n) is 5.32. The average molecular weight is 262 g/mol. The van der Waals surface area contributed by atoms with Crippen LogP contribution < -0.4 is 11.1 Å². The lowest BCUT2D eigenvalue weighted by Crippen LogP contribution is -2.26. The van der Waals surface area contributed by atoms with Gasteiger partial charge < -0.3 is 16.2 Å². The van der Waals surface area contributed by atoms with Crippen molar-refractivity contribution in [1.29, 1.82) is 0 Å². The zero-order valence-electron chi connectivity index (χ0n) is 11.2. The van der Waals surface area contributed by atoms with Gasteiger partial charge in [0.15, 0.2) is 0 Å². The predicted molar refractivity (Wildman–Crippen MR) is 76.0 cm³/mol. The number of benzene rings is 1. The van der Waals surface area contributed by atoms with Crippen molar-refractivity contribution < 1.29 is 9.90 Å². The number of nitrogen functional groups attached to an aromatic ring is 1. The van der Waals surface area contributed by atoms with Crippen LogP contribution in [0.3, 0.4) is 0 Å². The number of phenolic OH excluding ortho intramolecular Hbond substituents is 1. The number of nitrogens with one attached hydrogen (secondary N) is 1. The molecule has 0 radical (unpaired) electrons. The molecule has 0 heterocycles. The van der Waals surface area contributed by atoms with Crippen LogP contribution in [0.25, 0.3) is 0 Å². The third-order valence-corrected chi connectivity index (χ3v) is 3.86. The van der Waals surface area contributed by atoms with Gasteiger partial charge in [-0.1, -0.05) is 32.1 Å². The van der Waals surface area contributed by atoms with Crippen LogP contribution >= 0.6 is 0 Å². The molecule has 0 spiro atoms. The molecule has 2 rings (SSSR count). The predicted octanol–water partition coefficient (Wildman–Crippen LogP) is 2.67. The summed E-state index contributed by atoms with van der Waals surface area (Å²) in [6, 6.07) is 4.58. The average Bonchev–Trinajstić information content (AvgIpc) is 2.43. The number of nitrogens with two attached hydrogens (primary N) is 1. The van der Waals surface area contributed by atoms with Gasteiger partial charge in [0.2, 0.25) is 0 Å². The second-order valence-corrected chi connectivity index (χ2v) is 5.32. The molecule has 1 saturated carbocycles. The Balaban J connectivity index is 1.78. The summed E-state index contributed by atoms with van der Waals surface area (Å²) in [6.45, 7) is 0.703. The van der Waals surface area contributed by atoms with Gasteiger partial charge in [0, 0.05) is 12.1 Å². The molecule has 104 valence electrons. The van der Waals surface area contributed by atoms with Crippen LogP contribution in [0.5, 0.6) is 5.75 Å². The lowest BCUT2D eigenvalue weighted by Gasteiger charge is -2.21. The Morgan fingerprint density at radius 1 is 1.32 bits per heavy atom. The van der Waals surface area contributed by atoms with Crippen LogP contribution in [-0.4, -0.2) is 17.6 Å². The largest absolute Gasteiger partial charge is 0.506 e. The maximum Gasteiger partial charge on any atom is 0.251 e. The van der Waals surface area contributed by atoms with E-state index in [-0.39, 0.29) is 11.7 Å². The molecule has 4 N–H and O–H groups in total. The number of carbonyl (C=O) groups is 1. The minimum atomic E-state index is -0.147. The molecule has 1 aromatic rings. The minimum Gasteiger partial charge on any atom is -0.506 e. The molecule has 1 aliphatic rings. The van der Waals surface area contributed by atoms with Gasteiger partial charge in [-0.15, -0.1) is 0 Å². The van der Waals surface area contributed by atoms with Gasteiger partial charge in [-0.05, 0) is 30.5 Å². The lowest BCUT2D eigenvalue weighted by molar-refractivity contribution is 0.0950. The van der Waals surface area contributed by atoms with Crippen molar-refractivity contribution in [1.82, 2.24) is 5.32 Å². The summed E-state index contributed by atoms with van der Waals surface area (Å²) in [6.07, 6.45) is 7.63. The number of hydrogen-bond donors (Lipinski definition) is 3. The molecule has 0 saturated heterocycles. The van der Waals surface area contributed by atoms with E-state index < -0.39 is 0 Å². The van der Waals surface area contributed by atoms with Crippen molar-refractivity contribution in [2.75, 3.05) is 12.3 Å². The van der Waals surface area contributed by atoms with Crippen LogP contribution in [0.2, 0.25) is 0 Å². The highest BCUT2D eigenvalue weighted by Gasteiger charge is 2.14. The first-order valence-electron chi connectivity index (χ1n) is 7.03. The highest BCUT2D eigenvalue weighted by Crippen LogP contribution is 2.25. The zero-order chi connectivity index (χ0) is 13.7. The number of carbonyl (C=O) groups excluding carboxylic acids is 1. The standard InChI is InChI=1S/C15H22N2O2/c16-13-7-6-12(10-14(13)18)15(19)17-9-8-11-4-2-1-3-5-11/h6-7,10-11,18H,1-5,8-9,16H2,(H,17,19). The second kappa shape index (κ2) is 6.45. The van der Waals surface area contributed by atoms with Crippen LogP contribution in [0.1, 0.15) is 48.9 Å². The first-order chi connectivity index (χ1) is 9.16. The van der Waals surface area contributed by atoms with E-state index in [2.05, 4.69) is 5.32 Å². The van der Waals surface area contributed by atoms with Gasteiger partial charge >= 0.3 is 0 Å². The molecule has 1 aliphatic carbocycles. The number of amides is 1. The summed E-state index contributed by atoms with van der Waals surface area (Å²) in [5.41, 5.74) is 6.25. The minimum absolute atomic E-state index is 0.0417. The summed E-state index contributed by atoms with van der Waals surface area (Å²) in [5.74, 6) is 0.569. The van der Waals surface area contributed by atoms with Gasteiger partial charge in [-0.3, -0.25) is 4.79 Å². The first-order valence-corrected chi connectivity index (χ1v) is 7.03. The monoisotopic (exact) mass is 262 g/mol. The molecular formula is C15H22N2O2. The molecule has 0 aliphatic heterocycles. The molecule has 4 nitrogen and oxygen atoms in total. The molecular weight excluding hydrogens is 240 g/mol. The van der Waals surface area contributed by atoms with E-state index in [1.165, 1.54) is 38.2 Å². The topological polar surface area (TPSA) is 75.4 Å². The van der Waals surface area contributed by atoms with Crippen molar-refractivity contribution in [2.24, 2.45) is 5.92 Å². The molecule has 0 atom stereocenters. The Labute approximate surface area is 114 Å². The molecule has 1 amide bonds. The van der Waals surface area contributed by atoms with Gasteiger partial charge in [0.25, 0.3) is 5.91 Å². The fourth-order valence-electron chi connectivity index (χ4n) is 2.65.